The number of rotatable bonds is 4. The van der Waals surface area contributed by atoms with Crippen molar-refractivity contribution in [2.75, 3.05) is 12.3 Å². The highest BCUT2D eigenvalue weighted by Crippen LogP contribution is 2.27. The summed E-state index contributed by atoms with van der Waals surface area (Å²) in [5, 5.41) is 3.74. The van der Waals surface area contributed by atoms with E-state index in [4.69, 9.17) is 28.9 Å². The molecule has 0 fully saturated rings. The smallest absolute Gasteiger partial charge is 0.216 e. The van der Waals surface area contributed by atoms with Gasteiger partial charge in [0.2, 0.25) is 5.91 Å². The summed E-state index contributed by atoms with van der Waals surface area (Å²) in [6, 6.07) is 3.34. The van der Waals surface area contributed by atoms with E-state index in [1.807, 2.05) is 12.2 Å². The highest BCUT2D eigenvalue weighted by Gasteiger charge is 2.02. The van der Waals surface area contributed by atoms with E-state index in [1.54, 1.807) is 12.1 Å². The first-order valence-corrected chi connectivity index (χ1v) is 5.92. The Morgan fingerprint density at radius 1 is 1.41 bits per heavy atom. The topological polar surface area (TPSA) is 55.1 Å². The highest BCUT2D eigenvalue weighted by atomic mass is 35.5. The maximum absolute atomic E-state index is 10.6. The van der Waals surface area contributed by atoms with Crippen molar-refractivity contribution in [3.05, 3.63) is 33.8 Å². The number of nitrogens with two attached hydrogens (primary N) is 1. The molecule has 1 aromatic rings. The largest absolute Gasteiger partial charge is 0.397 e. The second-order valence-electron chi connectivity index (χ2n) is 3.57. The fourth-order valence-corrected chi connectivity index (χ4v) is 1.65. The van der Waals surface area contributed by atoms with E-state index in [9.17, 15) is 4.79 Å². The Hall–Kier alpha value is -1.19. The van der Waals surface area contributed by atoms with Gasteiger partial charge in [-0.3, -0.25) is 4.79 Å². The maximum atomic E-state index is 10.6. The van der Waals surface area contributed by atoms with Crippen LogP contribution in [0.4, 0.5) is 5.69 Å². The molecule has 0 aliphatic carbocycles. The van der Waals surface area contributed by atoms with Crippen molar-refractivity contribution in [3.63, 3.8) is 0 Å². The molecule has 1 amide bonds. The van der Waals surface area contributed by atoms with E-state index in [0.29, 0.717) is 22.3 Å². The number of nitrogen functional groups attached to an aromatic ring is 1. The van der Waals surface area contributed by atoms with Crippen LogP contribution in [0.15, 0.2) is 18.2 Å². The lowest BCUT2D eigenvalue weighted by atomic mass is 10.2. The molecular formula is C12H14Cl2N2O. The van der Waals surface area contributed by atoms with Crippen LogP contribution < -0.4 is 11.1 Å². The van der Waals surface area contributed by atoms with Crippen LogP contribution in [0.5, 0.6) is 0 Å². The lowest BCUT2D eigenvalue weighted by Crippen LogP contribution is -2.20. The molecule has 5 heteroatoms. The van der Waals surface area contributed by atoms with Crippen molar-refractivity contribution in [2.45, 2.75) is 13.3 Å². The van der Waals surface area contributed by atoms with Crippen molar-refractivity contribution in [2.24, 2.45) is 0 Å². The molecule has 0 unspecified atom stereocenters. The molecule has 92 valence electrons. The van der Waals surface area contributed by atoms with Crippen LogP contribution in [0.1, 0.15) is 18.9 Å². The van der Waals surface area contributed by atoms with Gasteiger partial charge in [-0.05, 0) is 24.1 Å². The van der Waals surface area contributed by atoms with E-state index in [-0.39, 0.29) is 5.91 Å². The third kappa shape index (κ3) is 4.67. The normalized spacial score (nSPS) is 10.8. The van der Waals surface area contributed by atoms with E-state index >= 15 is 0 Å². The van der Waals surface area contributed by atoms with Crippen molar-refractivity contribution in [3.8, 4) is 0 Å². The first-order valence-electron chi connectivity index (χ1n) is 5.16. The van der Waals surface area contributed by atoms with E-state index in [2.05, 4.69) is 5.32 Å². The molecule has 1 rings (SSSR count). The zero-order valence-corrected chi connectivity index (χ0v) is 11.0. The average molecular weight is 273 g/mol. The first kappa shape index (κ1) is 13.9. The van der Waals surface area contributed by atoms with Crippen LogP contribution in [0.25, 0.3) is 6.08 Å². The quantitative estimate of drug-likeness (QED) is 0.654. The number of halogens is 2. The van der Waals surface area contributed by atoms with Gasteiger partial charge in [0.15, 0.2) is 0 Å². The number of nitrogens with one attached hydrogen (secondary N) is 1. The Morgan fingerprint density at radius 2 is 2.12 bits per heavy atom. The predicted octanol–water partition coefficient (Wildman–Crippen LogP) is 3.12. The van der Waals surface area contributed by atoms with Crippen LogP contribution >= 0.6 is 23.2 Å². The predicted molar refractivity (Wildman–Crippen MR) is 73.2 cm³/mol. The SMILES string of the molecule is CC(=O)NCCC=Cc1cc(Cl)c(N)cc1Cl. The first-order chi connectivity index (χ1) is 8.00. The molecule has 0 radical (unpaired) electrons. The summed E-state index contributed by atoms with van der Waals surface area (Å²) in [6.07, 6.45) is 4.51. The van der Waals surface area contributed by atoms with E-state index in [1.165, 1.54) is 6.92 Å². The molecule has 0 heterocycles. The number of carbonyl (C=O) groups is 1. The number of hydrogen-bond donors (Lipinski definition) is 2. The lowest BCUT2D eigenvalue weighted by Gasteiger charge is -2.03. The molecule has 0 aliphatic rings. The Labute approximate surface area is 111 Å². The average Bonchev–Trinajstić information content (AvgIpc) is 2.24. The molecule has 0 saturated heterocycles. The molecule has 0 bridgehead atoms. The van der Waals surface area contributed by atoms with Crippen LogP contribution in [-0.4, -0.2) is 12.5 Å². The van der Waals surface area contributed by atoms with Gasteiger partial charge in [0, 0.05) is 18.5 Å². The summed E-state index contributed by atoms with van der Waals surface area (Å²) in [7, 11) is 0. The van der Waals surface area contributed by atoms with Crippen LogP contribution in [0, 0.1) is 0 Å². The molecule has 3 nitrogen and oxygen atoms in total. The van der Waals surface area contributed by atoms with Crippen molar-refractivity contribution in [1.82, 2.24) is 5.32 Å². The summed E-state index contributed by atoms with van der Waals surface area (Å²) < 4.78 is 0. The number of amides is 1. The standard InChI is InChI=1S/C12H14Cl2N2O/c1-8(17)16-5-3-2-4-9-6-11(14)12(15)7-10(9)13/h2,4,6-7H,3,5,15H2,1H3,(H,16,17). The molecule has 0 aromatic heterocycles. The Kier molecular flexibility index (Phi) is 5.32. The minimum Gasteiger partial charge on any atom is -0.397 e. The lowest BCUT2D eigenvalue weighted by molar-refractivity contribution is -0.118. The molecule has 0 aliphatic heterocycles. The van der Waals surface area contributed by atoms with Crippen molar-refractivity contribution >= 4 is 40.9 Å². The van der Waals surface area contributed by atoms with Gasteiger partial charge < -0.3 is 11.1 Å². The molecular weight excluding hydrogens is 259 g/mol. The second kappa shape index (κ2) is 6.52. The summed E-state index contributed by atoms with van der Waals surface area (Å²) in [5.74, 6) is -0.0352. The van der Waals surface area contributed by atoms with Gasteiger partial charge in [-0.25, -0.2) is 0 Å². The number of benzene rings is 1. The molecule has 17 heavy (non-hydrogen) atoms. The monoisotopic (exact) mass is 272 g/mol. The van der Waals surface area contributed by atoms with Crippen molar-refractivity contribution in [1.29, 1.82) is 0 Å². The fourth-order valence-electron chi connectivity index (χ4n) is 1.25. The number of hydrogen-bond acceptors (Lipinski definition) is 2. The molecule has 0 spiro atoms. The van der Waals surface area contributed by atoms with Gasteiger partial charge in [-0.2, -0.15) is 0 Å². The van der Waals surface area contributed by atoms with Crippen LogP contribution in [-0.2, 0) is 4.79 Å². The van der Waals surface area contributed by atoms with Gasteiger partial charge in [-0.1, -0.05) is 35.4 Å². The van der Waals surface area contributed by atoms with Gasteiger partial charge in [-0.15, -0.1) is 0 Å². The van der Waals surface area contributed by atoms with Crippen LogP contribution in [0.2, 0.25) is 10.0 Å². The maximum Gasteiger partial charge on any atom is 0.216 e. The van der Waals surface area contributed by atoms with E-state index < -0.39 is 0 Å². The minimum absolute atomic E-state index is 0.0352. The van der Waals surface area contributed by atoms with Crippen molar-refractivity contribution < 1.29 is 4.79 Å². The fraction of sp³-hybridized carbons (Fsp3) is 0.250. The zero-order chi connectivity index (χ0) is 12.8. The summed E-state index contributed by atoms with van der Waals surface area (Å²) >= 11 is 11.9. The van der Waals surface area contributed by atoms with Gasteiger partial charge in [0.25, 0.3) is 0 Å². The summed E-state index contributed by atoms with van der Waals surface area (Å²) in [6.45, 7) is 2.09. The molecule has 1 aromatic carbocycles. The third-order valence-corrected chi connectivity index (χ3v) is 2.75. The highest BCUT2D eigenvalue weighted by molar-refractivity contribution is 6.36. The zero-order valence-electron chi connectivity index (χ0n) is 9.47. The number of anilines is 1. The summed E-state index contributed by atoms with van der Waals surface area (Å²) in [5.41, 5.74) is 6.89. The second-order valence-corrected chi connectivity index (χ2v) is 4.38. The number of carbonyl (C=O) groups excluding carboxylic acids is 1. The van der Waals surface area contributed by atoms with E-state index in [0.717, 1.165) is 12.0 Å². The third-order valence-electron chi connectivity index (χ3n) is 2.10. The van der Waals surface area contributed by atoms with Crippen LogP contribution in [0.3, 0.4) is 0 Å². The Balaban J connectivity index is 2.59. The summed E-state index contributed by atoms with van der Waals surface area (Å²) in [4.78, 5) is 10.6. The Bertz CT molecular complexity index is 444. The molecule has 0 atom stereocenters. The minimum atomic E-state index is -0.0352. The molecule has 3 N–H and O–H groups in total. The van der Waals surface area contributed by atoms with Gasteiger partial charge >= 0.3 is 0 Å². The van der Waals surface area contributed by atoms with Gasteiger partial charge in [0.1, 0.15) is 0 Å². The Morgan fingerprint density at radius 3 is 2.76 bits per heavy atom. The van der Waals surface area contributed by atoms with Gasteiger partial charge in [0.05, 0.1) is 10.7 Å². The molecule has 0 saturated carbocycles.